The molecule has 0 saturated carbocycles. The summed E-state index contributed by atoms with van der Waals surface area (Å²) in [6, 6.07) is 6.26. The maximum atomic E-state index is 15.5. The van der Waals surface area contributed by atoms with Crippen LogP contribution in [-0.2, 0) is 6.54 Å². The maximum absolute atomic E-state index is 15.5. The Morgan fingerprint density at radius 3 is 2.49 bits per heavy atom. The molecule has 1 fully saturated rings. The minimum absolute atomic E-state index is 0.124. The highest BCUT2D eigenvalue weighted by Crippen LogP contribution is 2.30. The van der Waals surface area contributed by atoms with E-state index in [2.05, 4.69) is 5.32 Å². The number of anilines is 1. The number of ketones is 1. The Morgan fingerprint density at radius 2 is 1.86 bits per heavy atom. The molecule has 4 rings (SSSR count). The van der Waals surface area contributed by atoms with Crippen molar-refractivity contribution in [1.29, 1.82) is 0 Å². The van der Waals surface area contributed by atoms with Crippen LogP contribution >= 0.6 is 0 Å². The van der Waals surface area contributed by atoms with Crippen molar-refractivity contribution in [2.45, 2.75) is 6.54 Å². The number of alkyl halides is 1. The Hall–Kier alpha value is -3.99. The number of non-ortho nitro benzene ring substituents is 1. The molecule has 1 aliphatic heterocycles. The quantitative estimate of drug-likeness (QED) is 0.238. The third-order valence-corrected chi connectivity index (χ3v) is 5.78. The number of aromatic nitrogens is 1. The predicted molar refractivity (Wildman–Crippen MR) is 126 cm³/mol. The molecule has 0 aliphatic carbocycles. The molecule has 182 valence electrons. The number of hydrogen-bond acceptors (Lipinski definition) is 6. The van der Waals surface area contributed by atoms with Gasteiger partial charge in [-0.1, -0.05) is 6.08 Å². The zero-order valence-corrected chi connectivity index (χ0v) is 18.5. The van der Waals surface area contributed by atoms with E-state index in [1.165, 1.54) is 35.2 Å². The van der Waals surface area contributed by atoms with Crippen LogP contribution in [0.1, 0.15) is 15.9 Å². The first-order valence-electron chi connectivity index (χ1n) is 10.9. The van der Waals surface area contributed by atoms with Crippen LogP contribution in [-0.4, -0.2) is 48.1 Å². The van der Waals surface area contributed by atoms with E-state index in [4.69, 9.17) is 0 Å². The Balaban J connectivity index is 1.77. The SMILES string of the molecule is O=C(/C=C/c1ccc([N+](=O)[O-])cc1)c1cn(CCF)c2c(F)c(N3CCNCC3)c(F)cc2c1=O. The summed E-state index contributed by atoms with van der Waals surface area (Å²) in [5.41, 5.74) is -1.47. The van der Waals surface area contributed by atoms with E-state index in [-0.39, 0.29) is 34.4 Å². The van der Waals surface area contributed by atoms with Crippen LogP contribution < -0.4 is 15.6 Å². The van der Waals surface area contributed by atoms with Crippen molar-refractivity contribution in [3.8, 4) is 0 Å². The number of nitrogens with zero attached hydrogens (tertiary/aromatic N) is 3. The third-order valence-electron chi connectivity index (χ3n) is 5.78. The molecule has 2 aromatic carbocycles. The summed E-state index contributed by atoms with van der Waals surface area (Å²) in [5, 5.41) is 13.5. The van der Waals surface area contributed by atoms with Crippen molar-refractivity contribution in [1.82, 2.24) is 9.88 Å². The topological polar surface area (TPSA) is 97.5 Å². The van der Waals surface area contributed by atoms with Crippen molar-refractivity contribution < 1.29 is 22.9 Å². The van der Waals surface area contributed by atoms with E-state index in [1.807, 2.05) is 0 Å². The number of benzene rings is 2. The number of pyridine rings is 1. The largest absolute Gasteiger partial charge is 0.364 e. The molecule has 0 atom stereocenters. The van der Waals surface area contributed by atoms with E-state index in [9.17, 15) is 28.5 Å². The monoisotopic (exact) mass is 486 g/mol. The Kier molecular flexibility index (Phi) is 6.97. The second kappa shape index (κ2) is 10.1. The third kappa shape index (κ3) is 4.80. The second-order valence-corrected chi connectivity index (χ2v) is 7.95. The number of allylic oxidation sites excluding steroid dienone is 1. The van der Waals surface area contributed by atoms with Gasteiger partial charge in [0.25, 0.3) is 5.69 Å². The van der Waals surface area contributed by atoms with E-state index in [1.54, 1.807) is 0 Å². The van der Waals surface area contributed by atoms with Crippen LogP contribution in [0, 0.1) is 21.7 Å². The molecule has 0 spiro atoms. The number of aryl methyl sites for hydroxylation is 1. The first kappa shape index (κ1) is 24.1. The highest BCUT2D eigenvalue weighted by molar-refractivity contribution is 6.08. The lowest BCUT2D eigenvalue weighted by atomic mass is 10.0. The summed E-state index contributed by atoms with van der Waals surface area (Å²) in [6.07, 6.45) is 3.50. The number of rotatable bonds is 7. The molecule has 0 unspecified atom stereocenters. The van der Waals surface area contributed by atoms with E-state index >= 15 is 4.39 Å². The van der Waals surface area contributed by atoms with Crippen LogP contribution in [0.3, 0.4) is 0 Å². The number of piperazine rings is 1. The molecule has 0 radical (unpaired) electrons. The Morgan fingerprint density at radius 1 is 1.17 bits per heavy atom. The van der Waals surface area contributed by atoms with Gasteiger partial charge < -0.3 is 14.8 Å². The minimum Gasteiger partial charge on any atom is -0.364 e. The number of nitro benzene ring substituents is 1. The van der Waals surface area contributed by atoms with E-state index in [0.29, 0.717) is 31.7 Å². The molecule has 3 aromatic rings. The molecule has 1 N–H and O–H groups in total. The lowest BCUT2D eigenvalue weighted by Crippen LogP contribution is -2.44. The number of hydrogen-bond donors (Lipinski definition) is 1. The zero-order valence-electron chi connectivity index (χ0n) is 18.5. The summed E-state index contributed by atoms with van der Waals surface area (Å²) in [4.78, 5) is 37.6. The maximum Gasteiger partial charge on any atom is 0.269 e. The average molecular weight is 486 g/mol. The van der Waals surface area contributed by atoms with Gasteiger partial charge in [0, 0.05) is 44.5 Å². The summed E-state index contributed by atoms with van der Waals surface area (Å²) in [7, 11) is 0. The van der Waals surface area contributed by atoms with Crippen LogP contribution in [0.25, 0.3) is 17.0 Å². The summed E-state index contributed by atoms with van der Waals surface area (Å²) >= 11 is 0. The average Bonchev–Trinajstić information content (AvgIpc) is 2.85. The van der Waals surface area contributed by atoms with Crippen LogP contribution in [0.15, 0.2) is 47.4 Å². The zero-order chi connectivity index (χ0) is 25.1. The molecule has 1 aliphatic rings. The Bertz CT molecular complexity index is 1380. The fourth-order valence-electron chi connectivity index (χ4n) is 4.07. The number of nitrogens with one attached hydrogen (secondary N) is 1. The van der Waals surface area contributed by atoms with Gasteiger partial charge in [-0.2, -0.15) is 0 Å². The number of carbonyl (C=O) groups is 1. The number of fused-ring (bicyclic) bond motifs is 1. The fourth-order valence-corrected chi connectivity index (χ4v) is 4.07. The number of nitro groups is 1. The molecule has 8 nitrogen and oxygen atoms in total. The first-order chi connectivity index (χ1) is 16.8. The van der Waals surface area contributed by atoms with Gasteiger partial charge in [-0.05, 0) is 29.8 Å². The summed E-state index contributed by atoms with van der Waals surface area (Å²) < 4.78 is 44.9. The molecular weight excluding hydrogens is 465 g/mol. The molecule has 1 aromatic heterocycles. The van der Waals surface area contributed by atoms with Crippen molar-refractivity contribution in [3.63, 3.8) is 0 Å². The normalized spacial score (nSPS) is 14.1. The van der Waals surface area contributed by atoms with Crippen molar-refractivity contribution in [2.24, 2.45) is 0 Å². The van der Waals surface area contributed by atoms with Gasteiger partial charge in [-0.25, -0.2) is 13.2 Å². The van der Waals surface area contributed by atoms with Gasteiger partial charge in [-0.3, -0.25) is 19.7 Å². The highest BCUT2D eigenvalue weighted by Gasteiger charge is 2.25. The Labute approximate surface area is 197 Å². The standard InChI is InChI=1S/C24H21F3N4O4/c25-7-10-30-14-18(20(32)6-3-15-1-4-16(5-2-15)31(34)35)24(33)17-13-19(26)23(21(27)22(17)30)29-11-8-28-9-12-29/h1-6,13-14,28H,7-12H2/b6-3+. The molecule has 0 amide bonds. The lowest BCUT2D eigenvalue weighted by molar-refractivity contribution is -0.384. The van der Waals surface area contributed by atoms with Crippen molar-refractivity contribution in [2.75, 3.05) is 37.8 Å². The van der Waals surface area contributed by atoms with Crippen LogP contribution in [0.5, 0.6) is 0 Å². The van der Waals surface area contributed by atoms with Crippen LogP contribution in [0.2, 0.25) is 0 Å². The fraction of sp³-hybridized carbons (Fsp3) is 0.250. The molecule has 0 bridgehead atoms. The van der Waals surface area contributed by atoms with Crippen LogP contribution in [0.4, 0.5) is 24.5 Å². The van der Waals surface area contributed by atoms with E-state index < -0.39 is 34.4 Å². The van der Waals surface area contributed by atoms with Gasteiger partial charge >= 0.3 is 0 Å². The van der Waals surface area contributed by atoms with Gasteiger partial charge in [0.15, 0.2) is 11.6 Å². The first-order valence-corrected chi connectivity index (χ1v) is 10.9. The lowest BCUT2D eigenvalue weighted by Gasteiger charge is -2.30. The number of halogens is 3. The highest BCUT2D eigenvalue weighted by atomic mass is 19.1. The minimum atomic E-state index is -0.979. The van der Waals surface area contributed by atoms with Gasteiger partial charge in [0.1, 0.15) is 18.2 Å². The number of carbonyl (C=O) groups excluding carboxylic acids is 1. The summed E-state index contributed by atoms with van der Waals surface area (Å²) in [6.45, 7) is 0.537. The molecule has 35 heavy (non-hydrogen) atoms. The van der Waals surface area contributed by atoms with Crippen molar-refractivity contribution >= 4 is 34.1 Å². The molecule has 1 saturated heterocycles. The van der Waals surface area contributed by atoms with Crippen molar-refractivity contribution in [3.05, 3.63) is 85.7 Å². The second-order valence-electron chi connectivity index (χ2n) is 7.95. The molecule has 11 heteroatoms. The predicted octanol–water partition coefficient (Wildman–Crippen LogP) is 3.46. The summed E-state index contributed by atoms with van der Waals surface area (Å²) in [5.74, 6) is -2.67. The molecule has 2 heterocycles. The van der Waals surface area contributed by atoms with Gasteiger partial charge in [0.05, 0.1) is 27.9 Å². The molecular formula is C24H21F3N4O4. The smallest absolute Gasteiger partial charge is 0.269 e. The van der Waals surface area contributed by atoms with Gasteiger partial charge in [0.2, 0.25) is 5.43 Å². The van der Waals surface area contributed by atoms with E-state index in [0.717, 1.165) is 22.9 Å². The van der Waals surface area contributed by atoms with Gasteiger partial charge in [-0.15, -0.1) is 0 Å².